The van der Waals surface area contributed by atoms with Crippen LogP contribution in [-0.2, 0) is 9.59 Å². The van der Waals surface area contributed by atoms with Crippen LogP contribution in [0.3, 0.4) is 0 Å². The molecule has 7 heteroatoms. The number of amides is 2. The van der Waals surface area contributed by atoms with Gasteiger partial charge in [-0.15, -0.1) is 0 Å². The van der Waals surface area contributed by atoms with Gasteiger partial charge in [0.25, 0.3) is 0 Å². The van der Waals surface area contributed by atoms with Crippen LogP contribution in [-0.4, -0.2) is 53.8 Å². The van der Waals surface area contributed by atoms with Gasteiger partial charge in [0.2, 0.25) is 11.8 Å². The standard InChI is InChI=1S/C18H23FN4O2/c19-14-5-2-1-4-12(14)18-13-10-23(9-7-15(13)20-21-18)17(25)11-22-8-3-6-16(22)24/h1-2,4-5,13,15,18,20-21H,3,6-11H2. The topological polar surface area (TPSA) is 64.7 Å². The average Bonchev–Trinajstić information content (AvgIpc) is 3.21. The number of benzene rings is 1. The van der Waals surface area contributed by atoms with Crippen molar-refractivity contribution in [2.24, 2.45) is 5.92 Å². The largest absolute Gasteiger partial charge is 0.341 e. The molecule has 3 saturated heterocycles. The normalized spacial score (nSPS) is 29.2. The fourth-order valence-electron chi connectivity index (χ4n) is 4.20. The molecule has 134 valence electrons. The highest BCUT2D eigenvalue weighted by molar-refractivity contribution is 5.86. The van der Waals surface area contributed by atoms with E-state index in [9.17, 15) is 14.0 Å². The van der Waals surface area contributed by atoms with E-state index in [1.54, 1.807) is 17.0 Å². The molecule has 0 radical (unpaired) electrons. The molecule has 25 heavy (non-hydrogen) atoms. The molecule has 2 amide bonds. The first-order chi connectivity index (χ1) is 12.1. The van der Waals surface area contributed by atoms with Crippen molar-refractivity contribution in [3.63, 3.8) is 0 Å². The summed E-state index contributed by atoms with van der Waals surface area (Å²) >= 11 is 0. The summed E-state index contributed by atoms with van der Waals surface area (Å²) in [6.07, 6.45) is 2.20. The molecule has 3 heterocycles. The lowest BCUT2D eigenvalue weighted by molar-refractivity contribution is -0.139. The molecule has 3 atom stereocenters. The van der Waals surface area contributed by atoms with E-state index in [1.807, 2.05) is 11.0 Å². The molecule has 3 aliphatic heterocycles. The van der Waals surface area contributed by atoms with E-state index in [1.165, 1.54) is 6.07 Å². The monoisotopic (exact) mass is 346 g/mol. The summed E-state index contributed by atoms with van der Waals surface area (Å²) < 4.78 is 14.2. The summed E-state index contributed by atoms with van der Waals surface area (Å²) in [4.78, 5) is 27.8. The second-order valence-electron chi connectivity index (χ2n) is 7.11. The minimum atomic E-state index is -0.228. The molecule has 3 unspecified atom stereocenters. The SMILES string of the molecule is O=C1CCCN1CC(=O)N1CCC2NNC(c3ccccc3F)C2C1. The zero-order valence-electron chi connectivity index (χ0n) is 14.1. The third kappa shape index (κ3) is 3.14. The Morgan fingerprint density at radius 1 is 1.24 bits per heavy atom. The van der Waals surface area contributed by atoms with Gasteiger partial charge in [0, 0.05) is 43.6 Å². The number of hydrazine groups is 1. The van der Waals surface area contributed by atoms with Gasteiger partial charge in [0.15, 0.2) is 0 Å². The van der Waals surface area contributed by atoms with Crippen molar-refractivity contribution in [1.29, 1.82) is 0 Å². The molecule has 0 spiro atoms. The lowest BCUT2D eigenvalue weighted by Gasteiger charge is -2.37. The number of carbonyl (C=O) groups is 2. The summed E-state index contributed by atoms with van der Waals surface area (Å²) in [5.74, 6) is -0.0537. The molecular weight excluding hydrogens is 323 g/mol. The van der Waals surface area contributed by atoms with Crippen LogP contribution in [0.2, 0.25) is 0 Å². The summed E-state index contributed by atoms with van der Waals surface area (Å²) in [5, 5.41) is 0. The van der Waals surface area contributed by atoms with E-state index >= 15 is 0 Å². The summed E-state index contributed by atoms with van der Waals surface area (Å²) in [6, 6.07) is 6.84. The first-order valence-corrected chi connectivity index (χ1v) is 8.94. The Kier molecular flexibility index (Phi) is 4.43. The number of nitrogens with zero attached hydrogens (tertiary/aromatic N) is 2. The second kappa shape index (κ2) is 6.72. The van der Waals surface area contributed by atoms with Crippen LogP contribution in [0.1, 0.15) is 30.9 Å². The summed E-state index contributed by atoms with van der Waals surface area (Å²) in [6.45, 7) is 2.08. The molecule has 3 aliphatic rings. The minimum Gasteiger partial charge on any atom is -0.341 e. The number of carbonyl (C=O) groups excluding carboxylic acids is 2. The fraction of sp³-hybridized carbons (Fsp3) is 0.556. The van der Waals surface area contributed by atoms with Crippen molar-refractivity contribution < 1.29 is 14.0 Å². The van der Waals surface area contributed by atoms with Gasteiger partial charge < -0.3 is 9.80 Å². The van der Waals surface area contributed by atoms with E-state index < -0.39 is 0 Å². The van der Waals surface area contributed by atoms with Gasteiger partial charge in [-0.1, -0.05) is 18.2 Å². The smallest absolute Gasteiger partial charge is 0.242 e. The third-order valence-corrected chi connectivity index (χ3v) is 5.60. The van der Waals surface area contributed by atoms with Crippen LogP contribution in [0.25, 0.3) is 0 Å². The second-order valence-corrected chi connectivity index (χ2v) is 7.11. The van der Waals surface area contributed by atoms with Crippen LogP contribution in [0, 0.1) is 11.7 Å². The van der Waals surface area contributed by atoms with Gasteiger partial charge in [-0.25, -0.2) is 9.82 Å². The first kappa shape index (κ1) is 16.5. The number of likely N-dealkylation sites (tertiary alicyclic amines) is 2. The van der Waals surface area contributed by atoms with Crippen molar-refractivity contribution in [3.8, 4) is 0 Å². The Labute approximate surface area is 146 Å². The van der Waals surface area contributed by atoms with Gasteiger partial charge in [0.1, 0.15) is 5.82 Å². The zero-order chi connectivity index (χ0) is 17.4. The van der Waals surface area contributed by atoms with Gasteiger partial charge in [-0.3, -0.25) is 15.0 Å². The van der Waals surface area contributed by atoms with Crippen LogP contribution in [0.5, 0.6) is 0 Å². The van der Waals surface area contributed by atoms with E-state index in [0.717, 1.165) is 12.8 Å². The molecule has 0 aliphatic carbocycles. The maximum absolute atomic E-state index is 14.2. The van der Waals surface area contributed by atoms with Crippen LogP contribution in [0.15, 0.2) is 24.3 Å². The average molecular weight is 346 g/mol. The van der Waals surface area contributed by atoms with Crippen molar-refractivity contribution in [2.45, 2.75) is 31.3 Å². The van der Waals surface area contributed by atoms with Gasteiger partial charge >= 0.3 is 0 Å². The Bertz CT molecular complexity index is 683. The van der Waals surface area contributed by atoms with Gasteiger partial charge in [-0.05, 0) is 18.9 Å². The maximum Gasteiger partial charge on any atom is 0.242 e. The van der Waals surface area contributed by atoms with Crippen molar-refractivity contribution in [1.82, 2.24) is 20.7 Å². The van der Waals surface area contributed by atoms with Gasteiger partial charge in [-0.2, -0.15) is 0 Å². The predicted octanol–water partition coefficient (Wildman–Crippen LogP) is 0.814. The summed E-state index contributed by atoms with van der Waals surface area (Å²) in [5.41, 5.74) is 7.09. The molecule has 1 aromatic carbocycles. The molecule has 1 aromatic rings. The summed E-state index contributed by atoms with van der Waals surface area (Å²) in [7, 11) is 0. The Morgan fingerprint density at radius 2 is 2.08 bits per heavy atom. The van der Waals surface area contributed by atoms with Crippen molar-refractivity contribution >= 4 is 11.8 Å². The zero-order valence-corrected chi connectivity index (χ0v) is 14.1. The Morgan fingerprint density at radius 3 is 2.84 bits per heavy atom. The Balaban J connectivity index is 1.45. The molecule has 6 nitrogen and oxygen atoms in total. The number of hydrogen-bond donors (Lipinski definition) is 2. The molecule has 4 rings (SSSR count). The molecule has 0 saturated carbocycles. The van der Waals surface area contributed by atoms with E-state index in [4.69, 9.17) is 0 Å². The van der Waals surface area contributed by atoms with Gasteiger partial charge in [0.05, 0.1) is 12.6 Å². The number of fused-ring (bicyclic) bond motifs is 1. The van der Waals surface area contributed by atoms with Crippen LogP contribution in [0.4, 0.5) is 4.39 Å². The van der Waals surface area contributed by atoms with Crippen LogP contribution >= 0.6 is 0 Å². The highest BCUT2D eigenvalue weighted by Gasteiger charge is 2.42. The van der Waals surface area contributed by atoms with Crippen LogP contribution < -0.4 is 10.9 Å². The Hall–Kier alpha value is -1.99. The maximum atomic E-state index is 14.2. The number of hydrogen-bond acceptors (Lipinski definition) is 4. The van der Waals surface area contributed by atoms with E-state index in [0.29, 0.717) is 31.6 Å². The molecule has 3 fully saturated rings. The molecule has 0 aromatic heterocycles. The number of piperidine rings is 1. The molecular formula is C18H23FN4O2. The number of halogens is 1. The number of rotatable bonds is 3. The van der Waals surface area contributed by atoms with E-state index in [2.05, 4.69) is 10.9 Å². The fourth-order valence-corrected chi connectivity index (χ4v) is 4.20. The highest BCUT2D eigenvalue weighted by Crippen LogP contribution is 2.34. The third-order valence-electron chi connectivity index (χ3n) is 5.60. The lowest BCUT2D eigenvalue weighted by Crippen LogP contribution is -2.50. The first-order valence-electron chi connectivity index (χ1n) is 8.94. The quantitative estimate of drug-likeness (QED) is 0.850. The minimum absolute atomic E-state index is 0.00659. The van der Waals surface area contributed by atoms with E-state index in [-0.39, 0.29) is 42.2 Å². The van der Waals surface area contributed by atoms with Crippen molar-refractivity contribution in [3.05, 3.63) is 35.6 Å². The highest BCUT2D eigenvalue weighted by atomic mass is 19.1. The molecule has 2 N–H and O–H groups in total. The number of nitrogens with one attached hydrogen (secondary N) is 2. The lowest BCUT2D eigenvalue weighted by atomic mass is 9.85. The molecule has 0 bridgehead atoms. The van der Waals surface area contributed by atoms with Crippen molar-refractivity contribution in [2.75, 3.05) is 26.2 Å². The predicted molar refractivity (Wildman–Crippen MR) is 89.7 cm³/mol.